The van der Waals surface area contributed by atoms with E-state index in [1.165, 1.54) is 12.1 Å². The highest BCUT2D eigenvalue weighted by molar-refractivity contribution is 5.58. The standard InChI is InChI=1S/C13H10N4O2/c14-7-11-6-12(3-4-13(11)17(18)19)16-9-10-2-1-5-15-8-10/h1-6,8,16H,9H2. The fraction of sp³-hybridized carbons (Fsp3) is 0.0769. The van der Waals surface area contributed by atoms with Gasteiger partial charge in [-0.2, -0.15) is 5.26 Å². The molecule has 0 fully saturated rings. The van der Waals surface area contributed by atoms with Gasteiger partial charge in [-0.05, 0) is 23.8 Å². The Morgan fingerprint density at radius 3 is 2.89 bits per heavy atom. The molecule has 0 aliphatic heterocycles. The summed E-state index contributed by atoms with van der Waals surface area (Å²) in [5.74, 6) is 0. The summed E-state index contributed by atoms with van der Waals surface area (Å²) in [5, 5.41) is 22.7. The quantitative estimate of drug-likeness (QED) is 0.668. The molecule has 0 unspecified atom stereocenters. The number of pyridine rings is 1. The minimum atomic E-state index is -0.566. The van der Waals surface area contributed by atoms with Crippen LogP contribution < -0.4 is 5.32 Å². The Bertz CT molecular complexity index is 635. The van der Waals surface area contributed by atoms with Gasteiger partial charge >= 0.3 is 0 Å². The molecule has 0 atom stereocenters. The fourth-order valence-electron chi connectivity index (χ4n) is 1.60. The van der Waals surface area contributed by atoms with Gasteiger partial charge < -0.3 is 5.32 Å². The largest absolute Gasteiger partial charge is 0.381 e. The van der Waals surface area contributed by atoms with E-state index < -0.39 is 4.92 Å². The Hall–Kier alpha value is -2.94. The molecule has 6 nitrogen and oxygen atoms in total. The first kappa shape index (κ1) is 12.5. The van der Waals surface area contributed by atoms with Crippen LogP contribution in [0.4, 0.5) is 11.4 Å². The number of rotatable bonds is 4. The van der Waals surface area contributed by atoms with Crippen molar-refractivity contribution < 1.29 is 4.92 Å². The Balaban J connectivity index is 2.14. The van der Waals surface area contributed by atoms with E-state index in [1.54, 1.807) is 18.5 Å². The molecule has 0 aliphatic carbocycles. The molecule has 1 N–H and O–H groups in total. The summed E-state index contributed by atoms with van der Waals surface area (Å²) in [6.45, 7) is 0.538. The number of anilines is 1. The molecule has 0 bridgehead atoms. The van der Waals surface area contributed by atoms with Gasteiger partial charge in [-0.3, -0.25) is 15.1 Å². The lowest BCUT2D eigenvalue weighted by Crippen LogP contribution is -2.01. The summed E-state index contributed by atoms with van der Waals surface area (Å²) in [4.78, 5) is 14.1. The summed E-state index contributed by atoms with van der Waals surface area (Å²) in [7, 11) is 0. The zero-order valence-electron chi connectivity index (χ0n) is 9.91. The first-order chi connectivity index (χ1) is 9.20. The lowest BCUT2D eigenvalue weighted by molar-refractivity contribution is -0.385. The van der Waals surface area contributed by atoms with Crippen LogP contribution in [0, 0.1) is 21.4 Å². The third-order valence-corrected chi connectivity index (χ3v) is 2.53. The molecule has 1 aromatic carbocycles. The molecule has 2 aromatic rings. The summed E-state index contributed by atoms with van der Waals surface area (Å²) in [6, 6.07) is 9.93. The van der Waals surface area contributed by atoms with Gasteiger partial charge in [0.05, 0.1) is 4.92 Å². The highest BCUT2D eigenvalue weighted by Crippen LogP contribution is 2.22. The van der Waals surface area contributed by atoms with Crippen LogP contribution in [0.5, 0.6) is 0 Å². The molecule has 19 heavy (non-hydrogen) atoms. The van der Waals surface area contributed by atoms with Gasteiger partial charge in [-0.15, -0.1) is 0 Å². The Labute approximate surface area is 109 Å². The van der Waals surface area contributed by atoms with Crippen LogP contribution in [0.3, 0.4) is 0 Å². The smallest absolute Gasteiger partial charge is 0.287 e. The maximum Gasteiger partial charge on any atom is 0.287 e. The molecule has 0 saturated carbocycles. The van der Waals surface area contributed by atoms with E-state index in [0.717, 1.165) is 5.56 Å². The fourth-order valence-corrected chi connectivity index (χ4v) is 1.60. The van der Waals surface area contributed by atoms with Crippen molar-refractivity contribution in [2.24, 2.45) is 0 Å². The van der Waals surface area contributed by atoms with E-state index in [2.05, 4.69) is 10.3 Å². The minimum absolute atomic E-state index is 0.0428. The molecule has 94 valence electrons. The number of nitro groups is 1. The summed E-state index contributed by atoms with van der Waals surface area (Å²) >= 11 is 0. The highest BCUT2D eigenvalue weighted by Gasteiger charge is 2.13. The van der Waals surface area contributed by atoms with Crippen molar-refractivity contribution in [1.82, 2.24) is 4.98 Å². The first-order valence-electron chi connectivity index (χ1n) is 5.52. The van der Waals surface area contributed by atoms with Crippen LogP contribution in [-0.4, -0.2) is 9.91 Å². The van der Waals surface area contributed by atoms with Crippen molar-refractivity contribution >= 4 is 11.4 Å². The van der Waals surface area contributed by atoms with Crippen molar-refractivity contribution in [1.29, 1.82) is 5.26 Å². The molecule has 0 saturated heterocycles. The van der Waals surface area contributed by atoms with Gasteiger partial charge in [-0.25, -0.2) is 0 Å². The SMILES string of the molecule is N#Cc1cc(NCc2cccnc2)ccc1[N+](=O)[O-]. The second-order valence-corrected chi connectivity index (χ2v) is 3.82. The van der Waals surface area contributed by atoms with E-state index in [1.807, 2.05) is 18.2 Å². The Kier molecular flexibility index (Phi) is 3.69. The number of nitriles is 1. The zero-order chi connectivity index (χ0) is 13.7. The summed E-state index contributed by atoms with van der Waals surface area (Å²) < 4.78 is 0. The second-order valence-electron chi connectivity index (χ2n) is 3.82. The topological polar surface area (TPSA) is 91.8 Å². The molecular formula is C13H10N4O2. The molecule has 6 heteroatoms. The predicted molar refractivity (Wildman–Crippen MR) is 69.4 cm³/mol. The monoisotopic (exact) mass is 254 g/mol. The predicted octanol–water partition coefficient (Wildman–Crippen LogP) is 2.47. The van der Waals surface area contributed by atoms with E-state index in [0.29, 0.717) is 12.2 Å². The van der Waals surface area contributed by atoms with E-state index in [9.17, 15) is 10.1 Å². The number of nitrogens with zero attached hydrogens (tertiary/aromatic N) is 3. The van der Waals surface area contributed by atoms with Crippen LogP contribution >= 0.6 is 0 Å². The number of hydrogen-bond acceptors (Lipinski definition) is 5. The van der Waals surface area contributed by atoms with E-state index in [-0.39, 0.29) is 11.3 Å². The number of benzene rings is 1. The first-order valence-corrected chi connectivity index (χ1v) is 5.52. The lowest BCUT2D eigenvalue weighted by atomic mass is 10.1. The summed E-state index contributed by atoms with van der Waals surface area (Å²) in [6.07, 6.45) is 3.41. The second kappa shape index (κ2) is 5.60. The molecule has 0 radical (unpaired) electrons. The van der Waals surface area contributed by atoms with Crippen LogP contribution in [0.25, 0.3) is 0 Å². The molecule has 0 aliphatic rings. The van der Waals surface area contributed by atoms with Gasteiger partial charge in [0.25, 0.3) is 5.69 Å². The highest BCUT2D eigenvalue weighted by atomic mass is 16.6. The van der Waals surface area contributed by atoms with Crippen molar-refractivity contribution in [3.63, 3.8) is 0 Å². The average molecular weight is 254 g/mol. The van der Waals surface area contributed by atoms with Gasteiger partial charge in [0.1, 0.15) is 11.6 Å². The number of hydrogen-bond donors (Lipinski definition) is 1. The lowest BCUT2D eigenvalue weighted by Gasteiger charge is -2.06. The maximum atomic E-state index is 10.7. The number of nitrogens with one attached hydrogen (secondary N) is 1. The molecule has 0 amide bonds. The Morgan fingerprint density at radius 1 is 1.42 bits per heavy atom. The van der Waals surface area contributed by atoms with Gasteiger partial charge in [0.2, 0.25) is 0 Å². The third-order valence-electron chi connectivity index (χ3n) is 2.53. The van der Waals surface area contributed by atoms with Gasteiger partial charge in [0.15, 0.2) is 0 Å². The van der Waals surface area contributed by atoms with Gasteiger partial charge in [-0.1, -0.05) is 6.07 Å². The van der Waals surface area contributed by atoms with Crippen molar-refractivity contribution in [2.45, 2.75) is 6.54 Å². The van der Waals surface area contributed by atoms with E-state index in [4.69, 9.17) is 5.26 Å². The number of aromatic nitrogens is 1. The van der Waals surface area contributed by atoms with Gasteiger partial charge in [0, 0.05) is 30.7 Å². The van der Waals surface area contributed by atoms with Crippen LogP contribution in [0.1, 0.15) is 11.1 Å². The van der Waals surface area contributed by atoms with E-state index >= 15 is 0 Å². The van der Waals surface area contributed by atoms with Crippen molar-refractivity contribution in [2.75, 3.05) is 5.32 Å². The third kappa shape index (κ3) is 3.04. The minimum Gasteiger partial charge on any atom is -0.381 e. The average Bonchev–Trinajstić information content (AvgIpc) is 2.45. The molecular weight excluding hydrogens is 244 g/mol. The molecule has 2 rings (SSSR count). The van der Waals surface area contributed by atoms with Crippen LogP contribution in [0.15, 0.2) is 42.7 Å². The number of nitro benzene ring substituents is 1. The maximum absolute atomic E-state index is 10.7. The van der Waals surface area contributed by atoms with Crippen LogP contribution in [-0.2, 0) is 6.54 Å². The summed E-state index contributed by atoms with van der Waals surface area (Å²) in [5.41, 5.74) is 1.50. The molecule has 0 spiro atoms. The van der Waals surface area contributed by atoms with Crippen molar-refractivity contribution in [3.05, 3.63) is 64.0 Å². The Morgan fingerprint density at radius 2 is 2.26 bits per heavy atom. The molecule has 1 aromatic heterocycles. The zero-order valence-corrected chi connectivity index (χ0v) is 9.91. The van der Waals surface area contributed by atoms with Crippen molar-refractivity contribution in [3.8, 4) is 6.07 Å². The van der Waals surface area contributed by atoms with Crippen LogP contribution in [0.2, 0.25) is 0 Å². The normalized spacial score (nSPS) is 9.63. The molecule has 1 heterocycles.